The normalized spacial score (nSPS) is 15.3. The molecule has 2 heterocycles. The fourth-order valence-electron chi connectivity index (χ4n) is 4.24. The van der Waals surface area contributed by atoms with Gasteiger partial charge in [-0.25, -0.2) is 4.99 Å². The van der Waals surface area contributed by atoms with Gasteiger partial charge in [0.2, 0.25) is 0 Å². The average molecular weight is 596 g/mol. The molecule has 1 aliphatic rings. The number of para-hydroxylation sites is 2. The second kappa shape index (κ2) is 10.8. The van der Waals surface area contributed by atoms with Gasteiger partial charge in [0.1, 0.15) is 5.75 Å². The first-order chi connectivity index (χ1) is 18.3. The van der Waals surface area contributed by atoms with Crippen molar-refractivity contribution in [3.05, 3.63) is 125 Å². The third kappa shape index (κ3) is 5.23. The summed E-state index contributed by atoms with van der Waals surface area (Å²) in [5.41, 5.74) is 2.06. The van der Waals surface area contributed by atoms with Gasteiger partial charge >= 0.3 is 6.61 Å². The van der Waals surface area contributed by atoms with E-state index >= 15 is 0 Å². The van der Waals surface area contributed by atoms with Gasteiger partial charge in [0.05, 0.1) is 21.8 Å². The first-order valence-corrected chi connectivity index (χ1v) is 13.1. The van der Waals surface area contributed by atoms with Crippen LogP contribution in [0.3, 0.4) is 0 Å². The lowest BCUT2D eigenvalue weighted by atomic mass is 9.95. The average Bonchev–Trinajstić information content (AvgIpc) is 3.19. The molecule has 1 aromatic heterocycles. The number of hydrogen-bond donors (Lipinski definition) is 1. The van der Waals surface area contributed by atoms with E-state index in [9.17, 15) is 18.4 Å². The molecule has 1 atom stereocenters. The summed E-state index contributed by atoms with van der Waals surface area (Å²) in [6, 6.07) is 21.9. The van der Waals surface area contributed by atoms with Crippen LogP contribution in [0.1, 0.15) is 24.1 Å². The maximum Gasteiger partial charge on any atom is 0.387 e. The molecule has 0 bridgehead atoms. The number of rotatable bonds is 6. The number of allylic oxidation sites excluding steroid dienone is 1. The van der Waals surface area contributed by atoms with Crippen molar-refractivity contribution in [1.82, 2.24) is 4.57 Å². The van der Waals surface area contributed by atoms with Crippen LogP contribution >= 0.6 is 27.3 Å². The predicted molar refractivity (Wildman–Crippen MR) is 146 cm³/mol. The Labute approximate surface area is 228 Å². The lowest BCUT2D eigenvalue weighted by Crippen LogP contribution is -2.40. The topological polar surface area (TPSA) is 72.7 Å². The summed E-state index contributed by atoms with van der Waals surface area (Å²) in [7, 11) is 0. The minimum Gasteiger partial charge on any atom is -0.434 e. The quantitative estimate of drug-likeness (QED) is 0.331. The molecule has 3 aromatic carbocycles. The van der Waals surface area contributed by atoms with Crippen LogP contribution in [-0.2, 0) is 4.79 Å². The van der Waals surface area contributed by atoms with Crippen molar-refractivity contribution in [2.45, 2.75) is 19.6 Å². The molecule has 38 heavy (non-hydrogen) atoms. The summed E-state index contributed by atoms with van der Waals surface area (Å²) >= 11 is 4.55. The van der Waals surface area contributed by atoms with Crippen LogP contribution in [-0.4, -0.2) is 17.1 Å². The molecule has 0 saturated carbocycles. The van der Waals surface area contributed by atoms with E-state index in [1.54, 1.807) is 37.3 Å². The molecule has 0 radical (unpaired) electrons. The first-order valence-electron chi connectivity index (χ1n) is 11.5. The molecule has 6 nitrogen and oxygen atoms in total. The fourth-order valence-corrected chi connectivity index (χ4v) is 5.54. The molecule has 1 amide bonds. The Morgan fingerprint density at radius 1 is 1.08 bits per heavy atom. The predicted octanol–water partition coefficient (Wildman–Crippen LogP) is 5.24. The molecular weight excluding hydrogens is 576 g/mol. The Hall–Kier alpha value is -3.89. The lowest BCUT2D eigenvalue weighted by molar-refractivity contribution is -0.113. The SMILES string of the molecule is CC1=C(C(=O)Nc2ccccc2)C(c2ccc(Br)cc2)n2c(sc(=Cc3ccccc3OC(F)F)c2=O)=N1. The Balaban J connectivity index is 1.67. The van der Waals surface area contributed by atoms with Crippen molar-refractivity contribution in [3.63, 3.8) is 0 Å². The number of nitrogens with zero attached hydrogens (tertiary/aromatic N) is 2. The number of carbonyl (C=O) groups is 1. The third-order valence-electron chi connectivity index (χ3n) is 5.91. The second-order valence-corrected chi connectivity index (χ2v) is 10.3. The van der Waals surface area contributed by atoms with Crippen molar-refractivity contribution in [2.75, 3.05) is 5.32 Å². The molecule has 1 aliphatic heterocycles. The molecule has 0 spiro atoms. The number of ether oxygens (including phenoxy) is 1. The van der Waals surface area contributed by atoms with E-state index in [-0.39, 0.29) is 16.2 Å². The van der Waals surface area contributed by atoms with E-state index < -0.39 is 18.2 Å². The van der Waals surface area contributed by atoms with Crippen LogP contribution in [0.2, 0.25) is 0 Å². The zero-order valence-corrected chi connectivity index (χ0v) is 22.3. The van der Waals surface area contributed by atoms with E-state index in [1.165, 1.54) is 16.7 Å². The summed E-state index contributed by atoms with van der Waals surface area (Å²) in [5.74, 6) is -0.424. The Morgan fingerprint density at radius 2 is 1.76 bits per heavy atom. The van der Waals surface area contributed by atoms with Crippen LogP contribution in [0.15, 0.2) is 104 Å². The van der Waals surface area contributed by atoms with Crippen molar-refractivity contribution in [2.24, 2.45) is 4.99 Å². The number of carbonyl (C=O) groups excluding carboxylic acids is 1. The minimum absolute atomic E-state index is 0.0445. The second-order valence-electron chi connectivity index (χ2n) is 8.37. The van der Waals surface area contributed by atoms with E-state index in [0.29, 0.717) is 27.3 Å². The minimum atomic E-state index is -3.00. The van der Waals surface area contributed by atoms with Crippen molar-refractivity contribution < 1.29 is 18.3 Å². The summed E-state index contributed by atoms with van der Waals surface area (Å²) < 4.78 is 33.1. The van der Waals surface area contributed by atoms with Gasteiger partial charge < -0.3 is 10.1 Å². The molecule has 1 N–H and O–H groups in total. The highest BCUT2D eigenvalue weighted by Gasteiger charge is 2.32. The highest BCUT2D eigenvalue weighted by molar-refractivity contribution is 9.10. The van der Waals surface area contributed by atoms with E-state index in [4.69, 9.17) is 0 Å². The number of benzene rings is 3. The first kappa shape index (κ1) is 25.7. The van der Waals surface area contributed by atoms with Gasteiger partial charge in [0, 0.05) is 15.7 Å². The molecule has 10 heteroatoms. The van der Waals surface area contributed by atoms with Crippen molar-refractivity contribution in [1.29, 1.82) is 0 Å². The van der Waals surface area contributed by atoms with Gasteiger partial charge in [0.15, 0.2) is 4.80 Å². The number of fused-ring (bicyclic) bond motifs is 1. The van der Waals surface area contributed by atoms with Gasteiger partial charge in [-0.2, -0.15) is 8.78 Å². The smallest absolute Gasteiger partial charge is 0.387 e. The van der Waals surface area contributed by atoms with Gasteiger partial charge in [-0.1, -0.05) is 75.8 Å². The van der Waals surface area contributed by atoms with Crippen LogP contribution in [0.25, 0.3) is 6.08 Å². The van der Waals surface area contributed by atoms with Gasteiger partial charge in [-0.15, -0.1) is 0 Å². The zero-order chi connectivity index (χ0) is 26.8. The van der Waals surface area contributed by atoms with Crippen molar-refractivity contribution in [3.8, 4) is 5.75 Å². The highest BCUT2D eigenvalue weighted by atomic mass is 79.9. The highest BCUT2D eigenvalue weighted by Crippen LogP contribution is 2.31. The van der Waals surface area contributed by atoms with E-state index in [2.05, 4.69) is 31.0 Å². The van der Waals surface area contributed by atoms with Gasteiger partial charge in [-0.3, -0.25) is 14.2 Å². The summed E-state index contributed by atoms with van der Waals surface area (Å²) in [6.07, 6.45) is 1.50. The number of thiazole rings is 1. The Morgan fingerprint density at radius 3 is 2.47 bits per heavy atom. The molecular formula is C28H20BrF2N3O3S. The standard InChI is InChI=1S/C28H20BrF2N3O3S/c1-16-23(25(35)33-20-8-3-2-4-9-20)24(17-11-13-19(29)14-12-17)34-26(36)22(38-28(34)32-16)15-18-7-5-6-10-21(18)37-27(30)31/h2-15,24,27H,1H3,(H,33,35). The molecule has 0 saturated heterocycles. The zero-order valence-electron chi connectivity index (χ0n) is 19.9. The number of alkyl halides is 2. The molecule has 0 aliphatic carbocycles. The number of anilines is 1. The number of amides is 1. The summed E-state index contributed by atoms with van der Waals surface area (Å²) in [6.45, 7) is -1.27. The molecule has 4 aromatic rings. The summed E-state index contributed by atoms with van der Waals surface area (Å²) in [4.78, 5) is 32.3. The van der Waals surface area contributed by atoms with E-state index in [0.717, 1.165) is 21.4 Å². The maximum absolute atomic E-state index is 13.8. The summed E-state index contributed by atoms with van der Waals surface area (Å²) in [5, 5.41) is 2.90. The van der Waals surface area contributed by atoms with E-state index in [1.807, 2.05) is 42.5 Å². The largest absolute Gasteiger partial charge is 0.434 e. The molecule has 5 rings (SSSR count). The van der Waals surface area contributed by atoms with Crippen LogP contribution in [0.4, 0.5) is 14.5 Å². The number of hydrogen-bond acceptors (Lipinski definition) is 5. The van der Waals surface area contributed by atoms with Crippen molar-refractivity contribution >= 4 is 44.9 Å². The fraction of sp³-hybridized carbons (Fsp3) is 0.107. The third-order valence-corrected chi connectivity index (χ3v) is 7.42. The lowest BCUT2D eigenvalue weighted by Gasteiger charge is -2.25. The van der Waals surface area contributed by atoms with Crippen LogP contribution < -0.4 is 24.9 Å². The monoisotopic (exact) mass is 595 g/mol. The number of aromatic nitrogens is 1. The molecule has 1 unspecified atom stereocenters. The number of nitrogens with one attached hydrogen (secondary N) is 1. The molecule has 0 fully saturated rings. The van der Waals surface area contributed by atoms with Gasteiger partial charge in [-0.05, 0) is 48.9 Å². The Kier molecular flexibility index (Phi) is 7.35. The van der Waals surface area contributed by atoms with Crippen LogP contribution in [0.5, 0.6) is 5.75 Å². The maximum atomic E-state index is 13.8. The van der Waals surface area contributed by atoms with Gasteiger partial charge in [0.25, 0.3) is 11.5 Å². The number of halogens is 3. The van der Waals surface area contributed by atoms with Crippen LogP contribution in [0, 0.1) is 0 Å². The molecule has 192 valence electrons. The Bertz CT molecular complexity index is 1710.